The third kappa shape index (κ3) is 3.09. The van der Waals surface area contributed by atoms with Crippen LogP contribution < -0.4 is 5.32 Å². The van der Waals surface area contributed by atoms with Crippen LogP contribution in [-0.4, -0.2) is 35.7 Å². The molecule has 6 heteroatoms. The molecular weight excluding hydrogens is 258 g/mol. The summed E-state index contributed by atoms with van der Waals surface area (Å²) in [6.45, 7) is 1.86. The van der Waals surface area contributed by atoms with E-state index in [1.165, 1.54) is 7.11 Å². The zero-order valence-corrected chi connectivity index (χ0v) is 11.3. The van der Waals surface area contributed by atoms with Crippen molar-refractivity contribution in [3.8, 4) is 0 Å². The number of aromatic nitrogens is 2. The highest BCUT2D eigenvalue weighted by Gasteiger charge is 2.11. The van der Waals surface area contributed by atoms with Crippen LogP contribution in [0.4, 0.5) is 0 Å². The summed E-state index contributed by atoms with van der Waals surface area (Å²) in [7, 11) is 1.26. The summed E-state index contributed by atoms with van der Waals surface area (Å²) in [6.07, 6.45) is 0.905. The summed E-state index contributed by atoms with van der Waals surface area (Å²) >= 11 is 0. The molecule has 0 aliphatic heterocycles. The summed E-state index contributed by atoms with van der Waals surface area (Å²) in [6, 6.07) is 7.49. The smallest absolute Gasteiger partial charge is 0.325 e. The molecule has 0 saturated carbocycles. The second kappa shape index (κ2) is 6.10. The molecule has 1 amide bonds. The molecule has 2 rings (SSSR count). The molecule has 1 N–H and O–H groups in total. The molecule has 0 bridgehead atoms. The van der Waals surface area contributed by atoms with Gasteiger partial charge in [0.2, 0.25) is 0 Å². The molecule has 1 heterocycles. The van der Waals surface area contributed by atoms with Crippen molar-refractivity contribution in [2.24, 2.45) is 0 Å². The van der Waals surface area contributed by atoms with E-state index in [1.54, 1.807) is 6.07 Å². The quantitative estimate of drug-likeness (QED) is 0.843. The number of carbonyl (C=O) groups excluding carboxylic acids is 2. The number of hydrogen-bond acceptors (Lipinski definition) is 5. The van der Waals surface area contributed by atoms with Crippen molar-refractivity contribution in [3.05, 3.63) is 35.5 Å². The number of esters is 1. The van der Waals surface area contributed by atoms with Gasteiger partial charge in [0.05, 0.1) is 12.6 Å². The van der Waals surface area contributed by atoms with E-state index in [0.29, 0.717) is 0 Å². The molecule has 0 fully saturated rings. The highest BCUT2D eigenvalue weighted by molar-refractivity contribution is 5.96. The van der Waals surface area contributed by atoms with Crippen LogP contribution in [0.5, 0.6) is 0 Å². The van der Waals surface area contributed by atoms with E-state index in [0.717, 1.165) is 22.9 Å². The zero-order chi connectivity index (χ0) is 14.5. The molecule has 1 aromatic heterocycles. The Bertz CT molecular complexity index is 655. The predicted octanol–water partition coefficient (Wildman–Crippen LogP) is 1.09. The Labute approximate surface area is 116 Å². The molecule has 104 valence electrons. The summed E-state index contributed by atoms with van der Waals surface area (Å²) in [5.41, 5.74) is 2.06. The van der Waals surface area contributed by atoms with Gasteiger partial charge in [-0.15, -0.1) is 10.2 Å². The molecule has 0 atom stereocenters. The number of ether oxygens (including phenoxy) is 1. The van der Waals surface area contributed by atoms with E-state index >= 15 is 0 Å². The number of aryl methyl sites for hydroxylation is 1. The Balaban J connectivity index is 2.21. The van der Waals surface area contributed by atoms with Crippen molar-refractivity contribution in [3.63, 3.8) is 0 Å². The summed E-state index contributed by atoms with van der Waals surface area (Å²) in [5.74, 6) is -0.966. The number of rotatable bonds is 4. The Morgan fingerprint density at radius 3 is 2.75 bits per heavy atom. The number of benzene rings is 1. The van der Waals surface area contributed by atoms with Crippen LogP contribution in [0.2, 0.25) is 0 Å². The van der Waals surface area contributed by atoms with Crippen LogP contribution in [-0.2, 0) is 16.0 Å². The summed E-state index contributed by atoms with van der Waals surface area (Å²) in [5, 5.41) is 11.1. The fourth-order valence-electron chi connectivity index (χ4n) is 1.74. The van der Waals surface area contributed by atoms with E-state index in [2.05, 4.69) is 27.2 Å². The first-order chi connectivity index (χ1) is 9.63. The fourth-order valence-corrected chi connectivity index (χ4v) is 1.74. The minimum atomic E-state index is -0.514. The second-order valence-electron chi connectivity index (χ2n) is 4.24. The van der Waals surface area contributed by atoms with Crippen LogP contribution in [0.1, 0.15) is 23.0 Å². The maximum absolute atomic E-state index is 11.8. The molecule has 1 aromatic carbocycles. The number of methoxy groups -OCH3 is 1. The first-order valence-electron chi connectivity index (χ1n) is 6.25. The number of hydrogen-bond donors (Lipinski definition) is 1. The van der Waals surface area contributed by atoms with Crippen LogP contribution in [0.25, 0.3) is 10.9 Å². The van der Waals surface area contributed by atoms with Gasteiger partial charge in [0.25, 0.3) is 5.91 Å². The van der Waals surface area contributed by atoms with Gasteiger partial charge < -0.3 is 10.1 Å². The van der Waals surface area contributed by atoms with E-state index < -0.39 is 11.9 Å². The molecular formula is C14H15N3O3. The van der Waals surface area contributed by atoms with Crippen LogP contribution in [0, 0.1) is 0 Å². The zero-order valence-electron chi connectivity index (χ0n) is 11.3. The lowest BCUT2D eigenvalue weighted by Crippen LogP contribution is -2.30. The Morgan fingerprint density at radius 2 is 2.05 bits per heavy atom. The van der Waals surface area contributed by atoms with Crippen molar-refractivity contribution in [1.82, 2.24) is 15.5 Å². The molecule has 0 unspecified atom stereocenters. The van der Waals surface area contributed by atoms with Gasteiger partial charge in [-0.05, 0) is 30.2 Å². The average molecular weight is 273 g/mol. The molecule has 0 saturated heterocycles. The van der Waals surface area contributed by atoms with E-state index in [-0.39, 0.29) is 12.2 Å². The maximum Gasteiger partial charge on any atom is 0.325 e. The van der Waals surface area contributed by atoms with Gasteiger partial charge in [-0.2, -0.15) is 0 Å². The van der Waals surface area contributed by atoms with Gasteiger partial charge in [0.15, 0.2) is 5.69 Å². The lowest BCUT2D eigenvalue weighted by molar-refractivity contribution is -0.139. The van der Waals surface area contributed by atoms with Crippen LogP contribution >= 0.6 is 0 Å². The van der Waals surface area contributed by atoms with Gasteiger partial charge in [-0.3, -0.25) is 9.59 Å². The van der Waals surface area contributed by atoms with Crippen LogP contribution in [0.15, 0.2) is 24.3 Å². The predicted molar refractivity (Wildman–Crippen MR) is 73.3 cm³/mol. The summed E-state index contributed by atoms with van der Waals surface area (Å²) in [4.78, 5) is 22.8. The molecule has 6 nitrogen and oxygen atoms in total. The maximum atomic E-state index is 11.8. The molecule has 0 aliphatic rings. The largest absolute Gasteiger partial charge is 0.468 e. The van der Waals surface area contributed by atoms with Crippen LogP contribution in [0.3, 0.4) is 0 Å². The second-order valence-corrected chi connectivity index (χ2v) is 4.24. The number of nitrogens with one attached hydrogen (secondary N) is 1. The highest BCUT2D eigenvalue weighted by Crippen LogP contribution is 2.14. The third-order valence-electron chi connectivity index (χ3n) is 2.91. The first-order valence-corrected chi connectivity index (χ1v) is 6.25. The Morgan fingerprint density at radius 1 is 1.25 bits per heavy atom. The Kier molecular flexibility index (Phi) is 4.24. The van der Waals surface area contributed by atoms with E-state index in [1.807, 2.05) is 18.2 Å². The summed E-state index contributed by atoms with van der Waals surface area (Å²) < 4.78 is 4.45. The minimum absolute atomic E-state index is 0.176. The van der Waals surface area contributed by atoms with Crippen molar-refractivity contribution in [2.75, 3.05) is 13.7 Å². The highest BCUT2D eigenvalue weighted by atomic mass is 16.5. The first kappa shape index (κ1) is 13.9. The van der Waals surface area contributed by atoms with Crippen molar-refractivity contribution in [1.29, 1.82) is 0 Å². The van der Waals surface area contributed by atoms with Gasteiger partial charge in [0, 0.05) is 5.39 Å². The number of fused-ring (bicyclic) bond motifs is 1. The fraction of sp³-hybridized carbons (Fsp3) is 0.286. The molecule has 2 aromatic rings. The monoisotopic (exact) mass is 273 g/mol. The van der Waals surface area contributed by atoms with Crippen molar-refractivity contribution < 1.29 is 14.3 Å². The van der Waals surface area contributed by atoms with Crippen molar-refractivity contribution in [2.45, 2.75) is 13.3 Å². The topological polar surface area (TPSA) is 81.2 Å². The SMILES string of the molecule is CCc1ccc2nnc(C(=O)NCC(=O)OC)cc2c1. The van der Waals surface area contributed by atoms with E-state index in [4.69, 9.17) is 0 Å². The van der Waals surface area contributed by atoms with Crippen molar-refractivity contribution >= 4 is 22.8 Å². The normalized spacial score (nSPS) is 10.3. The molecule has 0 radical (unpaired) electrons. The minimum Gasteiger partial charge on any atom is -0.468 e. The van der Waals surface area contributed by atoms with E-state index in [9.17, 15) is 9.59 Å². The number of carbonyl (C=O) groups is 2. The third-order valence-corrected chi connectivity index (χ3v) is 2.91. The molecule has 0 spiro atoms. The molecule has 0 aliphatic carbocycles. The number of amides is 1. The lowest BCUT2D eigenvalue weighted by atomic mass is 10.1. The van der Waals surface area contributed by atoms with Gasteiger partial charge >= 0.3 is 5.97 Å². The number of nitrogens with zero attached hydrogens (tertiary/aromatic N) is 2. The molecule has 20 heavy (non-hydrogen) atoms. The van der Waals surface area contributed by atoms with Gasteiger partial charge in [-0.25, -0.2) is 0 Å². The Hall–Kier alpha value is -2.50. The lowest BCUT2D eigenvalue weighted by Gasteiger charge is -2.04. The van der Waals surface area contributed by atoms with Gasteiger partial charge in [0.1, 0.15) is 6.54 Å². The average Bonchev–Trinajstić information content (AvgIpc) is 2.50. The standard InChI is InChI=1S/C14H15N3O3/c1-3-9-4-5-11-10(6-9)7-12(17-16-11)14(19)15-8-13(18)20-2/h4-7H,3,8H2,1-2H3,(H,15,19). The van der Waals surface area contributed by atoms with Gasteiger partial charge in [-0.1, -0.05) is 13.0 Å².